The number of aliphatic hydroxyl groups excluding tert-OH is 1. The third-order valence-electron chi connectivity index (χ3n) is 6.59. The lowest BCUT2D eigenvalue weighted by atomic mass is 10.0. The van der Waals surface area contributed by atoms with Crippen LogP contribution < -0.4 is 5.32 Å². The van der Waals surface area contributed by atoms with Gasteiger partial charge in [0.2, 0.25) is 5.91 Å². The van der Waals surface area contributed by atoms with Gasteiger partial charge in [-0.1, -0.05) is 18.2 Å². The zero-order chi connectivity index (χ0) is 25.6. The van der Waals surface area contributed by atoms with Gasteiger partial charge in [-0.05, 0) is 77.1 Å². The molecule has 0 radical (unpaired) electrons. The van der Waals surface area contributed by atoms with Crippen LogP contribution in [0.4, 0.5) is 9.18 Å². The molecule has 1 aromatic rings. The van der Waals surface area contributed by atoms with Crippen LogP contribution in [-0.2, 0) is 9.53 Å². The summed E-state index contributed by atoms with van der Waals surface area (Å²) in [7, 11) is 0. The normalized spacial score (nSPS) is 21.5. The fourth-order valence-corrected chi connectivity index (χ4v) is 4.72. The molecule has 2 N–H and O–H groups in total. The summed E-state index contributed by atoms with van der Waals surface area (Å²) in [6.45, 7) is 11.7. The second-order valence-electron chi connectivity index (χ2n) is 10.6. The molecule has 3 atom stereocenters. The lowest BCUT2D eigenvalue weighted by molar-refractivity contribution is -0.135. The predicted octanol–water partition coefficient (Wildman–Crippen LogP) is 3.83. The van der Waals surface area contributed by atoms with E-state index in [0.29, 0.717) is 50.7 Å². The number of hydrogen-bond donors (Lipinski definition) is 2. The summed E-state index contributed by atoms with van der Waals surface area (Å²) in [4.78, 5) is 29.8. The van der Waals surface area contributed by atoms with Crippen LogP contribution in [0.15, 0.2) is 36.9 Å². The molecule has 0 spiro atoms. The number of rotatable bonds is 10. The molecule has 1 aromatic carbocycles. The third kappa shape index (κ3) is 8.32. The first-order valence-corrected chi connectivity index (χ1v) is 12.6. The number of halogens is 1. The van der Waals surface area contributed by atoms with E-state index in [1.54, 1.807) is 25.7 Å². The van der Waals surface area contributed by atoms with E-state index >= 15 is 0 Å². The summed E-state index contributed by atoms with van der Waals surface area (Å²) >= 11 is 0. The first kappa shape index (κ1) is 27.1. The van der Waals surface area contributed by atoms with Crippen molar-refractivity contribution in [3.63, 3.8) is 0 Å². The van der Waals surface area contributed by atoms with Gasteiger partial charge < -0.3 is 20.1 Å². The molecular weight excluding hydrogens is 449 g/mol. The number of benzene rings is 1. The van der Waals surface area contributed by atoms with Crippen molar-refractivity contribution in [3.8, 4) is 0 Å². The number of nitrogens with zero attached hydrogens (tertiary/aromatic N) is 2. The Labute approximate surface area is 208 Å². The molecule has 0 aromatic heterocycles. The highest BCUT2D eigenvalue weighted by molar-refractivity contribution is 5.85. The van der Waals surface area contributed by atoms with E-state index < -0.39 is 17.7 Å². The van der Waals surface area contributed by atoms with Gasteiger partial charge in [0.15, 0.2) is 0 Å². The number of piperidine rings is 1. The number of nitrogens with one attached hydrogen (secondary N) is 1. The van der Waals surface area contributed by atoms with E-state index in [0.717, 1.165) is 25.1 Å². The molecule has 7 nitrogen and oxygen atoms in total. The molecule has 2 amide bonds. The molecule has 35 heavy (non-hydrogen) atoms. The summed E-state index contributed by atoms with van der Waals surface area (Å²) in [5, 5.41) is 12.6. The molecule has 194 valence electrons. The highest BCUT2D eigenvalue weighted by atomic mass is 19.1. The quantitative estimate of drug-likeness (QED) is 0.488. The lowest BCUT2D eigenvalue weighted by Gasteiger charge is -2.33. The van der Waals surface area contributed by atoms with Gasteiger partial charge in [-0.15, -0.1) is 6.58 Å². The summed E-state index contributed by atoms with van der Waals surface area (Å²) in [5.41, 5.74) is 0.479. The van der Waals surface area contributed by atoms with E-state index in [1.807, 2.05) is 18.2 Å². The van der Waals surface area contributed by atoms with E-state index in [-0.39, 0.29) is 17.8 Å². The third-order valence-corrected chi connectivity index (χ3v) is 6.59. The Morgan fingerprint density at radius 2 is 1.94 bits per heavy atom. The molecule has 0 bridgehead atoms. The van der Waals surface area contributed by atoms with Crippen molar-refractivity contribution in [2.75, 3.05) is 26.2 Å². The summed E-state index contributed by atoms with van der Waals surface area (Å²) in [5.74, 6) is 0.00611. The van der Waals surface area contributed by atoms with Gasteiger partial charge in [0.1, 0.15) is 17.5 Å². The van der Waals surface area contributed by atoms with Gasteiger partial charge in [-0.2, -0.15) is 0 Å². The molecule has 1 heterocycles. The highest BCUT2D eigenvalue weighted by Crippen LogP contribution is 2.44. The van der Waals surface area contributed by atoms with Crippen LogP contribution in [0.3, 0.4) is 0 Å². The largest absolute Gasteiger partial charge is 0.444 e. The predicted molar refractivity (Wildman–Crippen MR) is 134 cm³/mol. The molecule has 8 heteroatoms. The Morgan fingerprint density at radius 3 is 2.54 bits per heavy atom. The van der Waals surface area contributed by atoms with Crippen LogP contribution in [0.1, 0.15) is 64.4 Å². The van der Waals surface area contributed by atoms with E-state index in [4.69, 9.17) is 4.74 Å². The maximum absolute atomic E-state index is 13.3. The lowest BCUT2D eigenvalue weighted by Crippen LogP contribution is -2.52. The van der Waals surface area contributed by atoms with E-state index in [2.05, 4.69) is 16.8 Å². The Kier molecular flexibility index (Phi) is 9.30. The maximum atomic E-state index is 13.3. The zero-order valence-electron chi connectivity index (χ0n) is 21.2. The number of aliphatic hydroxyl groups is 1. The Bertz CT molecular complexity index is 862. The molecule has 1 saturated heterocycles. The van der Waals surface area contributed by atoms with Crippen molar-refractivity contribution < 1.29 is 23.8 Å². The molecule has 1 aliphatic heterocycles. The van der Waals surface area contributed by atoms with Gasteiger partial charge >= 0.3 is 6.09 Å². The van der Waals surface area contributed by atoms with Crippen LogP contribution in [0, 0.1) is 5.82 Å². The number of carbonyl (C=O) groups is 2. The first-order chi connectivity index (χ1) is 16.6. The van der Waals surface area contributed by atoms with E-state index in [9.17, 15) is 19.1 Å². The Morgan fingerprint density at radius 1 is 1.29 bits per heavy atom. The van der Waals surface area contributed by atoms with Crippen molar-refractivity contribution in [3.05, 3.63) is 48.3 Å². The minimum Gasteiger partial charge on any atom is -0.444 e. The Hall–Kier alpha value is -2.45. The van der Waals surface area contributed by atoms with Gasteiger partial charge in [0.05, 0.1) is 6.10 Å². The van der Waals surface area contributed by atoms with Gasteiger partial charge in [0, 0.05) is 31.6 Å². The minimum absolute atomic E-state index is 0.131. The van der Waals surface area contributed by atoms with Crippen molar-refractivity contribution in [2.45, 2.75) is 82.6 Å². The Balaban J connectivity index is 1.59. The molecule has 0 unspecified atom stereocenters. The molecule has 1 aliphatic carbocycles. The van der Waals surface area contributed by atoms with Crippen molar-refractivity contribution in [2.24, 2.45) is 0 Å². The van der Waals surface area contributed by atoms with Gasteiger partial charge in [-0.25, -0.2) is 9.18 Å². The van der Waals surface area contributed by atoms with Gasteiger partial charge in [0.25, 0.3) is 0 Å². The van der Waals surface area contributed by atoms with Crippen molar-refractivity contribution in [1.82, 2.24) is 15.1 Å². The van der Waals surface area contributed by atoms with E-state index in [1.165, 1.54) is 12.1 Å². The highest BCUT2D eigenvalue weighted by Gasteiger charge is 2.42. The fourth-order valence-electron chi connectivity index (χ4n) is 4.72. The number of alkyl carbamates (subject to hydrolysis) is 1. The van der Waals surface area contributed by atoms with Crippen LogP contribution in [0.25, 0.3) is 0 Å². The summed E-state index contributed by atoms with van der Waals surface area (Å²) < 4.78 is 18.7. The molecule has 2 fully saturated rings. The van der Waals surface area contributed by atoms with Crippen LogP contribution in [0.5, 0.6) is 0 Å². The second-order valence-corrected chi connectivity index (χ2v) is 10.6. The number of likely N-dealkylation sites (tertiary alicyclic amines) is 1. The minimum atomic E-state index is -0.683. The van der Waals surface area contributed by atoms with Crippen molar-refractivity contribution >= 4 is 12.0 Å². The topological polar surface area (TPSA) is 82.1 Å². The smallest absolute Gasteiger partial charge is 0.408 e. The van der Waals surface area contributed by atoms with Crippen LogP contribution in [0.2, 0.25) is 0 Å². The maximum Gasteiger partial charge on any atom is 0.408 e. The average Bonchev–Trinajstić information content (AvgIpc) is 3.58. The standard InChI is InChI=1S/C27H40FN3O4/c1-5-14-30(24-18-22(24)19-8-10-20(28)11-9-19)15-6-7-23(29-26(34)35-27(2,3)4)25(33)31-16-12-21(32)13-17-31/h5,8-11,21-24,32H,1,6-7,12-18H2,2-4H3,(H,29,34)/t22-,23-,24+/m0/s1. The monoisotopic (exact) mass is 489 g/mol. The zero-order valence-corrected chi connectivity index (χ0v) is 21.2. The second kappa shape index (κ2) is 12.0. The van der Waals surface area contributed by atoms with Crippen LogP contribution >= 0.6 is 0 Å². The molecule has 2 aliphatic rings. The average molecular weight is 490 g/mol. The first-order valence-electron chi connectivity index (χ1n) is 12.6. The molecular formula is C27H40FN3O4. The fraction of sp³-hybridized carbons (Fsp3) is 0.630. The summed E-state index contributed by atoms with van der Waals surface area (Å²) in [6.07, 6.45) is 4.19. The SMILES string of the molecule is C=CCN(CCC[C@H](NC(=O)OC(C)(C)C)C(=O)N1CCC(O)CC1)[C@@H]1C[C@H]1c1ccc(F)cc1. The number of carbonyl (C=O) groups excluding carboxylic acids is 2. The molecule has 1 saturated carbocycles. The number of ether oxygens (including phenoxy) is 1. The van der Waals surface area contributed by atoms with Crippen LogP contribution in [-0.4, -0.2) is 76.9 Å². The number of amides is 2. The van der Waals surface area contributed by atoms with Gasteiger partial charge in [-0.3, -0.25) is 9.69 Å². The number of hydrogen-bond acceptors (Lipinski definition) is 5. The molecule has 3 rings (SSSR count). The van der Waals surface area contributed by atoms with Crippen molar-refractivity contribution in [1.29, 1.82) is 0 Å². The summed E-state index contributed by atoms with van der Waals surface area (Å²) in [6, 6.07) is 6.37.